The van der Waals surface area contributed by atoms with Crippen molar-refractivity contribution in [2.75, 3.05) is 6.61 Å². The van der Waals surface area contributed by atoms with Crippen LogP contribution in [0.15, 0.2) is 16.7 Å². The van der Waals surface area contributed by atoms with E-state index in [9.17, 15) is 4.79 Å². The third-order valence-electron chi connectivity index (χ3n) is 4.54. The molecule has 21 heavy (non-hydrogen) atoms. The highest BCUT2D eigenvalue weighted by molar-refractivity contribution is 9.10. The summed E-state index contributed by atoms with van der Waals surface area (Å²) >= 11 is 3.44. The van der Waals surface area contributed by atoms with Gasteiger partial charge in [0.25, 0.3) is 5.91 Å². The van der Waals surface area contributed by atoms with Gasteiger partial charge < -0.3 is 20.4 Å². The topological polar surface area (TPSA) is 69.3 Å². The summed E-state index contributed by atoms with van der Waals surface area (Å²) in [6.45, 7) is 3.70. The first-order valence-corrected chi connectivity index (χ1v) is 8.45. The van der Waals surface area contributed by atoms with Crippen molar-refractivity contribution in [2.45, 2.75) is 50.9 Å². The maximum Gasteiger partial charge on any atom is 0.268 e. The predicted molar refractivity (Wildman–Crippen MR) is 84.1 cm³/mol. The van der Waals surface area contributed by atoms with Gasteiger partial charge in [0.05, 0.1) is 12.1 Å². The maximum atomic E-state index is 12.5. The van der Waals surface area contributed by atoms with Crippen LogP contribution in [0.4, 0.5) is 0 Å². The van der Waals surface area contributed by atoms with Gasteiger partial charge in [-0.2, -0.15) is 0 Å². The molecule has 1 saturated heterocycles. The highest BCUT2D eigenvalue weighted by Crippen LogP contribution is 2.37. The molecular weight excluding hydrogens is 334 g/mol. The molecule has 0 spiro atoms. The molecule has 0 aromatic carbocycles. The molecule has 0 bridgehead atoms. The average molecular weight is 356 g/mol. The zero-order chi connectivity index (χ0) is 15.0. The second kappa shape index (κ2) is 6.10. The van der Waals surface area contributed by atoms with Crippen LogP contribution in [-0.4, -0.2) is 35.3 Å². The van der Waals surface area contributed by atoms with Crippen molar-refractivity contribution in [1.29, 1.82) is 0 Å². The second-order valence-electron chi connectivity index (χ2n) is 5.96. The van der Waals surface area contributed by atoms with Crippen LogP contribution in [0.2, 0.25) is 0 Å². The highest BCUT2D eigenvalue weighted by atomic mass is 79.9. The molecule has 2 aliphatic rings. The number of aryl methyl sites for hydroxylation is 1. The Kier molecular flexibility index (Phi) is 4.38. The van der Waals surface area contributed by atoms with Crippen LogP contribution < -0.4 is 11.1 Å². The van der Waals surface area contributed by atoms with Crippen LogP contribution in [0.25, 0.3) is 0 Å². The molecule has 4 unspecified atom stereocenters. The molecule has 2 heterocycles. The van der Waals surface area contributed by atoms with Crippen LogP contribution in [-0.2, 0) is 11.3 Å². The highest BCUT2D eigenvalue weighted by Gasteiger charge is 2.51. The predicted octanol–water partition coefficient (Wildman–Crippen LogP) is 1.90. The lowest BCUT2D eigenvalue weighted by atomic mass is 9.68. The molecule has 1 amide bonds. The van der Waals surface area contributed by atoms with Crippen molar-refractivity contribution >= 4 is 21.8 Å². The number of halogens is 1. The minimum absolute atomic E-state index is 0.0114. The van der Waals surface area contributed by atoms with E-state index in [1.807, 2.05) is 16.8 Å². The van der Waals surface area contributed by atoms with Gasteiger partial charge in [-0.25, -0.2) is 0 Å². The molecule has 1 aromatic heterocycles. The summed E-state index contributed by atoms with van der Waals surface area (Å²) < 4.78 is 8.67. The molecule has 0 radical (unpaired) electrons. The molecule has 3 rings (SSSR count). The molecular formula is C15H22BrN3O2. The Morgan fingerprint density at radius 1 is 1.62 bits per heavy atom. The number of nitrogens with one attached hydrogen (secondary N) is 1. The number of nitrogens with zero attached hydrogens (tertiary/aromatic N) is 1. The summed E-state index contributed by atoms with van der Waals surface area (Å²) in [5.41, 5.74) is 6.87. The average Bonchev–Trinajstić information content (AvgIpc) is 2.85. The van der Waals surface area contributed by atoms with Gasteiger partial charge in [-0.15, -0.1) is 0 Å². The van der Waals surface area contributed by atoms with E-state index in [0.29, 0.717) is 11.6 Å². The molecule has 1 aliphatic carbocycles. The summed E-state index contributed by atoms with van der Waals surface area (Å²) in [7, 11) is 0. The standard InChI is InChI=1S/C15H22BrN3O2/c1-2-5-19-8-9(16)7-11(19)15(20)18-13-12(17)10-4-3-6-21-14(10)13/h7-8,10,12-14H,2-6,17H2,1H3,(H,18,20). The number of fused-ring (bicyclic) bond motifs is 1. The minimum atomic E-state index is -0.0674. The van der Waals surface area contributed by atoms with Gasteiger partial charge in [0, 0.05) is 35.8 Å². The normalized spacial score (nSPS) is 31.4. The SMILES string of the molecule is CCCn1cc(Br)cc1C(=O)NC1C(N)C2CCCOC21. The number of amides is 1. The monoisotopic (exact) mass is 355 g/mol. The van der Waals surface area contributed by atoms with Crippen molar-refractivity contribution in [3.05, 3.63) is 22.4 Å². The fourth-order valence-electron chi connectivity index (χ4n) is 3.44. The molecule has 6 heteroatoms. The van der Waals surface area contributed by atoms with E-state index in [0.717, 1.165) is 36.9 Å². The largest absolute Gasteiger partial charge is 0.376 e. The van der Waals surface area contributed by atoms with Crippen molar-refractivity contribution in [2.24, 2.45) is 11.7 Å². The Bertz CT molecular complexity index is 531. The van der Waals surface area contributed by atoms with Crippen molar-refractivity contribution in [3.8, 4) is 0 Å². The summed E-state index contributed by atoms with van der Waals surface area (Å²) in [5.74, 6) is 0.334. The summed E-state index contributed by atoms with van der Waals surface area (Å²) in [5, 5.41) is 3.06. The first-order valence-electron chi connectivity index (χ1n) is 7.65. The van der Waals surface area contributed by atoms with Crippen LogP contribution in [0.5, 0.6) is 0 Å². The molecule has 1 aliphatic heterocycles. The minimum Gasteiger partial charge on any atom is -0.376 e. The first kappa shape index (κ1) is 15.1. The Hall–Kier alpha value is -0.850. The Labute approximate surface area is 133 Å². The van der Waals surface area contributed by atoms with Crippen LogP contribution >= 0.6 is 15.9 Å². The fraction of sp³-hybridized carbons (Fsp3) is 0.667. The molecule has 5 nitrogen and oxygen atoms in total. The number of rotatable bonds is 4. The van der Waals surface area contributed by atoms with Crippen LogP contribution in [0.1, 0.15) is 36.7 Å². The van der Waals surface area contributed by atoms with Gasteiger partial charge in [-0.05, 0) is 41.3 Å². The lowest BCUT2D eigenvalue weighted by molar-refractivity contribution is -0.117. The van der Waals surface area contributed by atoms with E-state index in [1.165, 1.54) is 0 Å². The fourth-order valence-corrected chi connectivity index (χ4v) is 3.91. The van der Waals surface area contributed by atoms with E-state index >= 15 is 0 Å². The summed E-state index contributed by atoms with van der Waals surface area (Å²) in [4.78, 5) is 12.5. The molecule has 3 N–H and O–H groups in total. The first-order chi connectivity index (χ1) is 10.1. The number of carbonyl (C=O) groups excluding carboxylic acids is 1. The molecule has 1 saturated carbocycles. The number of nitrogens with two attached hydrogens (primary N) is 1. The molecule has 4 atom stereocenters. The number of carbonyl (C=O) groups is 1. The van der Waals surface area contributed by atoms with Gasteiger partial charge in [-0.1, -0.05) is 6.92 Å². The van der Waals surface area contributed by atoms with Gasteiger partial charge in [0.1, 0.15) is 5.69 Å². The van der Waals surface area contributed by atoms with Crippen molar-refractivity contribution in [1.82, 2.24) is 9.88 Å². The van der Waals surface area contributed by atoms with Gasteiger partial charge in [0.2, 0.25) is 0 Å². The molecule has 1 aromatic rings. The third kappa shape index (κ3) is 2.76. The van der Waals surface area contributed by atoms with E-state index in [4.69, 9.17) is 10.5 Å². The maximum absolute atomic E-state index is 12.5. The summed E-state index contributed by atoms with van der Waals surface area (Å²) in [6.07, 6.45) is 5.20. The second-order valence-corrected chi connectivity index (χ2v) is 6.87. The Morgan fingerprint density at radius 3 is 3.19 bits per heavy atom. The van der Waals surface area contributed by atoms with Crippen LogP contribution in [0, 0.1) is 5.92 Å². The molecule has 116 valence electrons. The quantitative estimate of drug-likeness (QED) is 0.866. The smallest absolute Gasteiger partial charge is 0.268 e. The number of hydrogen-bond donors (Lipinski definition) is 2. The van der Waals surface area contributed by atoms with Crippen molar-refractivity contribution in [3.63, 3.8) is 0 Å². The van der Waals surface area contributed by atoms with Gasteiger partial charge in [0.15, 0.2) is 0 Å². The van der Waals surface area contributed by atoms with Gasteiger partial charge in [-0.3, -0.25) is 4.79 Å². The lowest BCUT2D eigenvalue weighted by Gasteiger charge is -2.52. The third-order valence-corrected chi connectivity index (χ3v) is 4.97. The Morgan fingerprint density at radius 2 is 2.43 bits per heavy atom. The van der Waals surface area contributed by atoms with Crippen LogP contribution in [0.3, 0.4) is 0 Å². The van der Waals surface area contributed by atoms with Gasteiger partial charge >= 0.3 is 0 Å². The Balaban J connectivity index is 1.69. The number of aromatic nitrogens is 1. The van der Waals surface area contributed by atoms with Crippen molar-refractivity contribution < 1.29 is 9.53 Å². The number of ether oxygens (including phenoxy) is 1. The van der Waals surface area contributed by atoms with E-state index in [2.05, 4.69) is 28.2 Å². The van der Waals surface area contributed by atoms with E-state index < -0.39 is 0 Å². The summed E-state index contributed by atoms with van der Waals surface area (Å²) in [6, 6.07) is 1.80. The zero-order valence-corrected chi connectivity index (χ0v) is 13.8. The van der Waals surface area contributed by atoms with E-state index in [1.54, 1.807) is 0 Å². The van der Waals surface area contributed by atoms with E-state index in [-0.39, 0.29) is 24.1 Å². The number of hydrogen-bond acceptors (Lipinski definition) is 3. The molecule has 2 fully saturated rings. The zero-order valence-electron chi connectivity index (χ0n) is 12.2. The lowest BCUT2D eigenvalue weighted by Crippen LogP contribution is -2.72.